The maximum absolute atomic E-state index is 13.1. The second kappa shape index (κ2) is 8.06. The molecule has 2 aromatic carbocycles. The quantitative estimate of drug-likeness (QED) is 0.741. The van der Waals surface area contributed by atoms with Gasteiger partial charge in [-0.3, -0.25) is 24.1 Å². The third kappa shape index (κ3) is 3.80. The zero-order valence-electron chi connectivity index (χ0n) is 16.1. The molecule has 0 aromatic heterocycles. The van der Waals surface area contributed by atoms with Gasteiger partial charge in [0.15, 0.2) is 0 Å². The molecule has 1 N–H and O–H groups in total. The fraction of sp³-hybridized carbons (Fsp3) is 0.273. The lowest BCUT2D eigenvalue weighted by atomic mass is 10.1. The normalized spacial score (nSPS) is 18.2. The molecule has 0 radical (unpaired) electrons. The van der Waals surface area contributed by atoms with Crippen LogP contribution in [-0.4, -0.2) is 47.7 Å². The van der Waals surface area contributed by atoms with E-state index >= 15 is 0 Å². The molecule has 154 valence electrons. The average Bonchev–Trinajstić information content (AvgIpc) is 3.21. The first-order valence-corrected chi connectivity index (χ1v) is 9.74. The van der Waals surface area contributed by atoms with Crippen molar-refractivity contribution in [2.75, 3.05) is 18.0 Å². The van der Waals surface area contributed by atoms with Crippen molar-refractivity contribution in [1.29, 1.82) is 0 Å². The zero-order chi connectivity index (χ0) is 21.3. The van der Waals surface area contributed by atoms with Gasteiger partial charge >= 0.3 is 0 Å². The second-order valence-corrected chi connectivity index (χ2v) is 7.36. The van der Waals surface area contributed by atoms with E-state index in [1.807, 2.05) is 0 Å². The van der Waals surface area contributed by atoms with E-state index in [0.29, 0.717) is 29.8 Å². The molecule has 8 heteroatoms. The Morgan fingerprint density at radius 2 is 1.63 bits per heavy atom. The maximum atomic E-state index is 13.1. The third-order valence-corrected chi connectivity index (χ3v) is 5.29. The number of nitrogens with one attached hydrogen (secondary N) is 1. The van der Waals surface area contributed by atoms with Crippen molar-refractivity contribution >= 4 is 29.3 Å². The standard InChI is InChI=1S/C22H20FN3O4/c23-14-7-9-16(10-8-14)26-13-15(12-20(26)28)24-19(27)6-3-11-25-21(29)17-4-1-2-5-18(17)22(25)30/h1-2,4-5,7-10,15H,3,6,11-13H2,(H,24,27). The number of fused-ring (bicyclic) bond motifs is 1. The minimum Gasteiger partial charge on any atom is -0.351 e. The Balaban J connectivity index is 1.26. The van der Waals surface area contributed by atoms with E-state index in [1.54, 1.807) is 24.3 Å². The number of amides is 4. The number of rotatable bonds is 6. The van der Waals surface area contributed by atoms with E-state index in [4.69, 9.17) is 0 Å². The van der Waals surface area contributed by atoms with Gasteiger partial charge in [0.2, 0.25) is 11.8 Å². The molecule has 1 fully saturated rings. The Kier molecular flexibility index (Phi) is 5.31. The van der Waals surface area contributed by atoms with Gasteiger partial charge in [0.1, 0.15) is 5.82 Å². The molecule has 7 nitrogen and oxygen atoms in total. The van der Waals surface area contributed by atoms with Crippen LogP contribution < -0.4 is 10.2 Å². The van der Waals surface area contributed by atoms with Crippen LogP contribution in [0.1, 0.15) is 40.0 Å². The lowest BCUT2D eigenvalue weighted by Crippen LogP contribution is -2.37. The summed E-state index contributed by atoms with van der Waals surface area (Å²) in [5.74, 6) is -1.45. The van der Waals surface area contributed by atoms with Crippen molar-refractivity contribution in [3.8, 4) is 0 Å². The van der Waals surface area contributed by atoms with Crippen molar-refractivity contribution in [3.63, 3.8) is 0 Å². The van der Waals surface area contributed by atoms with Crippen LogP contribution >= 0.6 is 0 Å². The van der Waals surface area contributed by atoms with Gasteiger partial charge in [0, 0.05) is 31.6 Å². The molecule has 2 heterocycles. The highest BCUT2D eigenvalue weighted by atomic mass is 19.1. The van der Waals surface area contributed by atoms with Crippen LogP contribution in [0.3, 0.4) is 0 Å². The monoisotopic (exact) mass is 409 g/mol. The van der Waals surface area contributed by atoms with Crippen LogP contribution in [0.4, 0.5) is 10.1 Å². The molecule has 0 aliphatic carbocycles. The van der Waals surface area contributed by atoms with Gasteiger partial charge in [-0.15, -0.1) is 0 Å². The van der Waals surface area contributed by atoms with Crippen LogP contribution in [0, 0.1) is 5.82 Å². The molecule has 1 atom stereocenters. The summed E-state index contributed by atoms with van der Waals surface area (Å²) in [6.45, 7) is 0.472. The van der Waals surface area contributed by atoms with Gasteiger partial charge in [-0.2, -0.15) is 0 Å². The number of hydrogen-bond donors (Lipinski definition) is 1. The number of hydrogen-bond acceptors (Lipinski definition) is 4. The van der Waals surface area contributed by atoms with E-state index < -0.39 is 0 Å². The first kappa shape index (κ1) is 19.8. The summed E-state index contributed by atoms with van der Waals surface area (Å²) in [4.78, 5) is 51.8. The largest absolute Gasteiger partial charge is 0.351 e. The minimum absolute atomic E-state index is 0.134. The Hall–Kier alpha value is -3.55. The molecule has 30 heavy (non-hydrogen) atoms. The first-order valence-electron chi connectivity index (χ1n) is 9.74. The van der Waals surface area contributed by atoms with Crippen molar-refractivity contribution in [3.05, 3.63) is 65.5 Å². The van der Waals surface area contributed by atoms with E-state index in [1.165, 1.54) is 29.2 Å². The van der Waals surface area contributed by atoms with Crippen LogP contribution in [0.15, 0.2) is 48.5 Å². The highest BCUT2D eigenvalue weighted by Crippen LogP contribution is 2.23. The maximum Gasteiger partial charge on any atom is 0.261 e. The molecular formula is C22H20FN3O4. The van der Waals surface area contributed by atoms with Crippen molar-refractivity contribution < 1.29 is 23.6 Å². The van der Waals surface area contributed by atoms with Crippen molar-refractivity contribution in [2.24, 2.45) is 0 Å². The fourth-order valence-electron chi connectivity index (χ4n) is 3.81. The Morgan fingerprint density at radius 1 is 1.00 bits per heavy atom. The first-order chi connectivity index (χ1) is 14.4. The van der Waals surface area contributed by atoms with Crippen molar-refractivity contribution in [2.45, 2.75) is 25.3 Å². The highest BCUT2D eigenvalue weighted by molar-refractivity contribution is 6.21. The molecule has 2 aliphatic heterocycles. The smallest absolute Gasteiger partial charge is 0.261 e. The summed E-state index contributed by atoms with van der Waals surface area (Å²) >= 11 is 0. The molecule has 4 rings (SSSR count). The number of halogens is 1. The molecule has 2 aromatic rings. The SMILES string of the molecule is O=C(CCCN1C(=O)c2ccccc2C1=O)NC1CC(=O)N(c2ccc(F)cc2)C1. The number of carbonyl (C=O) groups excluding carboxylic acids is 4. The predicted octanol–water partition coefficient (Wildman–Crippen LogP) is 2.12. The van der Waals surface area contributed by atoms with E-state index in [-0.39, 0.29) is 54.9 Å². The lowest BCUT2D eigenvalue weighted by molar-refractivity contribution is -0.121. The second-order valence-electron chi connectivity index (χ2n) is 7.36. The molecule has 0 spiro atoms. The molecule has 1 saturated heterocycles. The third-order valence-electron chi connectivity index (χ3n) is 5.29. The molecule has 0 saturated carbocycles. The Morgan fingerprint density at radius 3 is 2.27 bits per heavy atom. The van der Waals surface area contributed by atoms with Gasteiger partial charge in [-0.1, -0.05) is 12.1 Å². The predicted molar refractivity (Wildman–Crippen MR) is 106 cm³/mol. The Labute approximate surface area is 172 Å². The minimum atomic E-state index is -0.381. The molecule has 0 bridgehead atoms. The van der Waals surface area contributed by atoms with Crippen LogP contribution in [0.25, 0.3) is 0 Å². The van der Waals surface area contributed by atoms with Crippen molar-refractivity contribution in [1.82, 2.24) is 10.2 Å². The number of benzene rings is 2. The number of imide groups is 1. The topological polar surface area (TPSA) is 86.8 Å². The summed E-state index contributed by atoms with van der Waals surface area (Å²) in [5, 5.41) is 2.82. The van der Waals surface area contributed by atoms with Gasteiger partial charge in [-0.05, 0) is 42.8 Å². The summed E-state index contributed by atoms with van der Waals surface area (Å²) in [5.41, 5.74) is 1.36. The van der Waals surface area contributed by atoms with Crippen LogP contribution in [-0.2, 0) is 9.59 Å². The molecule has 4 amide bonds. The van der Waals surface area contributed by atoms with Gasteiger partial charge in [-0.25, -0.2) is 4.39 Å². The number of carbonyl (C=O) groups is 4. The van der Waals surface area contributed by atoms with Gasteiger partial charge in [0.25, 0.3) is 11.8 Å². The average molecular weight is 409 g/mol. The molecule has 2 aliphatic rings. The van der Waals surface area contributed by atoms with E-state index in [9.17, 15) is 23.6 Å². The molecule has 1 unspecified atom stereocenters. The summed E-state index contributed by atoms with van der Waals surface area (Å²) in [6.07, 6.45) is 0.635. The van der Waals surface area contributed by atoms with Gasteiger partial charge < -0.3 is 10.2 Å². The van der Waals surface area contributed by atoms with E-state index in [0.717, 1.165) is 4.90 Å². The summed E-state index contributed by atoms with van der Waals surface area (Å²) in [7, 11) is 0. The highest BCUT2D eigenvalue weighted by Gasteiger charge is 2.35. The fourth-order valence-corrected chi connectivity index (χ4v) is 3.81. The summed E-state index contributed by atoms with van der Waals surface area (Å²) < 4.78 is 13.1. The van der Waals surface area contributed by atoms with E-state index in [2.05, 4.69) is 5.32 Å². The summed E-state index contributed by atoms with van der Waals surface area (Å²) in [6, 6.07) is 11.9. The number of nitrogens with zero attached hydrogens (tertiary/aromatic N) is 2. The van der Waals surface area contributed by atoms with Crippen LogP contribution in [0.2, 0.25) is 0 Å². The molecular weight excluding hydrogens is 389 g/mol. The zero-order valence-corrected chi connectivity index (χ0v) is 16.1. The lowest BCUT2D eigenvalue weighted by Gasteiger charge is -2.17. The number of anilines is 1. The Bertz CT molecular complexity index is 986. The van der Waals surface area contributed by atoms with Crippen LogP contribution in [0.5, 0.6) is 0 Å². The van der Waals surface area contributed by atoms with Gasteiger partial charge in [0.05, 0.1) is 17.2 Å².